The minimum atomic E-state index is -0.946. The van der Waals surface area contributed by atoms with Crippen molar-refractivity contribution in [2.24, 2.45) is 29.4 Å². The fourth-order valence-corrected chi connectivity index (χ4v) is 5.70. The minimum absolute atomic E-state index is 0.189. The Labute approximate surface area is 174 Å². The lowest BCUT2D eigenvalue weighted by atomic mass is 9.73. The van der Waals surface area contributed by atoms with Gasteiger partial charge in [-0.2, -0.15) is 0 Å². The SMILES string of the molecule is CCCCC[C@H](O)CC[C@H]1[C@H](CN)C[C@@H]2Cc3c(cccc3OCC(=O)O)C[C@@H]21. The second kappa shape index (κ2) is 10.4. The summed E-state index contributed by atoms with van der Waals surface area (Å²) in [5.74, 6) is 2.05. The van der Waals surface area contributed by atoms with Gasteiger partial charge in [0.2, 0.25) is 0 Å². The van der Waals surface area contributed by atoms with Crippen LogP contribution in [0.25, 0.3) is 0 Å². The number of rotatable bonds is 11. The molecule has 5 heteroatoms. The number of hydrogen-bond donors (Lipinski definition) is 3. The molecule has 5 nitrogen and oxygen atoms in total. The zero-order chi connectivity index (χ0) is 20.8. The first kappa shape index (κ1) is 22.1. The van der Waals surface area contributed by atoms with Crippen molar-refractivity contribution in [1.82, 2.24) is 0 Å². The molecule has 0 amide bonds. The van der Waals surface area contributed by atoms with Crippen molar-refractivity contribution < 1.29 is 19.7 Å². The van der Waals surface area contributed by atoms with Gasteiger partial charge in [0.25, 0.3) is 0 Å². The summed E-state index contributed by atoms with van der Waals surface area (Å²) in [5.41, 5.74) is 8.62. The average molecular weight is 404 g/mol. The van der Waals surface area contributed by atoms with Gasteiger partial charge in [-0.15, -0.1) is 0 Å². The highest BCUT2D eigenvalue weighted by molar-refractivity contribution is 5.68. The summed E-state index contributed by atoms with van der Waals surface area (Å²) in [6.07, 6.45) is 9.24. The van der Waals surface area contributed by atoms with Crippen LogP contribution in [0.5, 0.6) is 5.75 Å². The van der Waals surface area contributed by atoms with Crippen LogP contribution in [-0.4, -0.2) is 35.4 Å². The van der Waals surface area contributed by atoms with Gasteiger partial charge in [-0.3, -0.25) is 0 Å². The largest absolute Gasteiger partial charge is 0.482 e. The smallest absolute Gasteiger partial charge is 0.341 e. The molecule has 0 radical (unpaired) electrons. The van der Waals surface area contributed by atoms with E-state index in [1.165, 1.54) is 24.0 Å². The number of carboxylic acid groups (broad SMARTS) is 1. The van der Waals surface area contributed by atoms with E-state index in [4.69, 9.17) is 15.6 Å². The third kappa shape index (κ3) is 5.52. The highest BCUT2D eigenvalue weighted by Crippen LogP contribution is 2.50. The number of hydrogen-bond acceptors (Lipinski definition) is 4. The molecule has 5 atom stereocenters. The van der Waals surface area contributed by atoms with Gasteiger partial charge in [0.1, 0.15) is 5.75 Å². The van der Waals surface area contributed by atoms with Crippen LogP contribution in [0.1, 0.15) is 63.0 Å². The summed E-state index contributed by atoms with van der Waals surface area (Å²) in [4.78, 5) is 10.9. The number of benzene rings is 1. The molecule has 0 heterocycles. The Hall–Kier alpha value is -1.59. The molecule has 0 unspecified atom stereocenters. The molecule has 0 aromatic heterocycles. The van der Waals surface area contributed by atoms with E-state index in [-0.39, 0.29) is 12.7 Å². The molecule has 0 spiro atoms. The highest BCUT2D eigenvalue weighted by Gasteiger charge is 2.44. The number of unbranched alkanes of at least 4 members (excludes halogenated alkanes) is 2. The van der Waals surface area contributed by atoms with Gasteiger partial charge in [-0.1, -0.05) is 38.3 Å². The van der Waals surface area contributed by atoms with Crippen LogP contribution in [0, 0.1) is 23.7 Å². The minimum Gasteiger partial charge on any atom is -0.482 e. The molecule has 2 aliphatic rings. The van der Waals surface area contributed by atoms with Crippen molar-refractivity contribution in [3.05, 3.63) is 29.3 Å². The molecule has 4 N–H and O–H groups in total. The standard InChI is InChI=1S/C24H37NO4/c1-2-3-4-7-19(26)9-10-20-18(14-25)11-17-13-22-16(12-21(17)20)6-5-8-23(22)29-15-24(27)28/h5-6,8,17-21,26H,2-4,7,9-15,25H2,1H3,(H,27,28)/t17-,18+,19+,20+,21+/m1/s1. The lowest BCUT2D eigenvalue weighted by Crippen LogP contribution is -2.28. The van der Waals surface area contributed by atoms with E-state index in [9.17, 15) is 9.90 Å². The summed E-state index contributed by atoms with van der Waals surface area (Å²) in [5, 5.41) is 19.3. The Morgan fingerprint density at radius 2 is 2.10 bits per heavy atom. The van der Waals surface area contributed by atoms with Crippen molar-refractivity contribution >= 4 is 5.97 Å². The van der Waals surface area contributed by atoms with Crippen molar-refractivity contribution in [2.45, 2.75) is 70.8 Å². The summed E-state index contributed by atoms with van der Waals surface area (Å²) < 4.78 is 5.56. The fourth-order valence-electron chi connectivity index (χ4n) is 5.70. The van der Waals surface area contributed by atoms with Crippen molar-refractivity contribution in [3.8, 4) is 5.75 Å². The van der Waals surface area contributed by atoms with E-state index < -0.39 is 5.97 Å². The fraction of sp³-hybridized carbons (Fsp3) is 0.708. The Morgan fingerprint density at radius 3 is 2.83 bits per heavy atom. The summed E-state index contributed by atoms with van der Waals surface area (Å²) in [7, 11) is 0. The average Bonchev–Trinajstić information content (AvgIpc) is 3.05. The highest BCUT2D eigenvalue weighted by atomic mass is 16.5. The molecule has 1 aromatic rings. The molecule has 0 saturated heterocycles. The number of fused-ring (bicyclic) bond motifs is 2. The lowest BCUT2D eigenvalue weighted by Gasteiger charge is -2.33. The molecule has 162 valence electrons. The zero-order valence-corrected chi connectivity index (χ0v) is 17.7. The summed E-state index contributed by atoms with van der Waals surface area (Å²) in [6, 6.07) is 6.02. The topological polar surface area (TPSA) is 92.8 Å². The Kier molecular flexibility index (Phi) is 7.96. The number of aliphatic hydroxyl groups is 1. The van der Waals surface area contributed by atoms with Gasteiger partial charge >= 0.3 is 5.97 Å². The maximum atomic E-state index is 10.9. The molecular weight excluding hydrogens is 366 g/mol. The van der Waals surface area contributed by atoms with Gasteiger partial charge in [0.15, 0.2) is 6.61 Å². The van der Waals surface area contributed by atoms with Gasteiger partial charge < -0.3 is 20.7 Å². The predicted octanol–water partition coefficient (Wildman–Crippen LogP) is 3.80. The second-order valence-electron chi connectivity index (χ2n) is 9.03. The van der Waals surface area contributed by atoms with Crippen molar-refractivity contribution in [2.75, 3.05) is 13.2 Å². The van der Waals surface area contributed by atoms with E-state index in [0.717, 1.165) is 50.7 Å². The van der Waals surface area contributed by atoms with Gasteiger partial charge in [-0.25, -0.2) is 4.79 Å². The number of carboxylic acids is 1. The summed E-state index contributed by atoms with van der Waals surface area (Å²) >= 11 is 0. The van der Waals surface area contributed by atoms with Gasteiger partial charge in [0.05, 0.1) is 6.10 Å². The van der Waals surface area contributed by atoms with Crippen molar-refractivity contribution in [1.29, 1.82) is 0 Å². The number of nitrogens with two attached hydrogens (primary N) is 1. The summed E-state index contributed by atoms with van der Waals surface area (Å²) in [6.45, 7) is 2.60. The zero-order valence-electron chi connectivity index (χ0n) is 17.7. The van der Waals surface area contributed by atoms with E-state index in [1.54, 1.807) is 0 Å². The normalized spacial score (nSPS) is 26.6. The molecule has 1 aromatic carbocycles. The van der Waals surface area contributed by atoms with Crippen LogP contribution >= 0.6 is 0 Å². The number of aliphatic hydroxyl groups excluding tert-OH is 1. The molecule has 29 heavy (non-hydrogen) atoms. The number of ether oxygens (including phenoxy) is 1. The molecule has 1 saturated carbocycles. The Balaban J connectivity index is 1.66. The number of aliphatic carboxylic acids is 1. The molecule has 0 bridgehead atoms. The molecule has 3 rings (SSSR count). The van der Waals surface area contributed by atoms with Crippen molar-refractivity contribution in [3.63, 3.8) is 0 Å². The van der Waals surface area contributed by atoms with E-state index >= 15 is 0 Å². The lowest BCUT2D eigenvalue weighted by molar-refractivity contribution is -0.139. The first-order valence-corrected chi connectivity index (χ1v) is 11.4. The van der Waals surface area contributed by atoms with Crippen LogP contribution in [0.4, 0.5) is 0 Å². The molecule has 0 aliphatic heterocycles. The van der Waals surface area contributed by atoms with Crippen LogP contribution in [0.15, 0.2) is 18.2 Å². The monoisotopic (exact) mass is 403 g/mol. The first-order valence-electron chi connectivity index (χ1n) is 11.4. The maximum Gasteiger partial charge on any atom is 0.341 e. The quantitative estimate of drug-likeness (QED) is 0.489. The van der Waals surface area contributed by atoms with E-state index in [2.05, 4.69) is 13.0 Å². The van der Waals surface area contributed by atoms with Gasteiger partial charge in [0, 0.05) is 0 Å². The maximum absolute atomic E-state index is 10.9. The molecule has 2 aliphatic carbocycles. The second-order valence-corrected chi connectivity index (χ2v) is 9.03. The molecular formula is C24H37NO4. The van der Waals surface area contributed by atoms with Crippen LogP contribution < -0.4 is 10.5 Å². The third-order valence-corrected chi connectivity index (χ3v) is 7.15. The van der Waals surface area contributed by atoms with E-state index in [0.29, 0.717) is 30.2 Å². The van der Waals surface area contributed by atoms with Crippen LogP contribution in [0.2, 0.25) is 0 Å². The predicted molar refractivity (Wildman–Crippen MR) is 114 cm³/mol. The van der Waals surface area contributed by atoms with Crippen LogP contribution in [0.3, 0.4) is 0 Å². The number of carbonyl (C=O) groups is 1. The first-order chi connectivity index (χ1) is 14.0. The Bertz CT molecular complexity index is 677. The van der Waals surface area contributed by atoms with Crippen LogP contribution in [-0.2, 0) is 17.6 Å². The van der Waals surface area contributed by atoms with Gasteiger partial charge in [-0.05, 0) is 85.9 Å². The Morgan fingerprint density at radius 1 is 1.28 bits per heavy atom. The third-order valence-electron chi connectivity index (χ3n) is 7.15. The molecule has 1 fully saturated rings. The van der Waals surface area contributed by atoms with E-state index in [1.807, 2.05) is 12.1 Å².